The Balaban J connectivity index is 2.24. The molecule has 0 fully saturated rings. The van der Waals surface area contributed by atoms with Crippen molar-refractivity contribution in [3.63, 3.8) is 0 Å². The summed E-state index contributed by atoms with van der Waals surface area (Å²) < 4.78 is 26.9. The third-order valence-electron chi connectivity index (χ3n) is 2.82. The molecule has 0 atom stereocenters. The Morgan fingerprint density at radius 1 is 1.29 bits per heavy atom. The molecule has 21 heavy (non-hydrogen) atoms. The summed E-state index contributed by atoms with van der Waals surface area (Å²) >= 11 is 3.40. The van der Waals surface area contributed by atoms with Crippen LogP contribution in [-0.4, -0.2) is 29.7 Å². The molecule has 1 heterocycles. The van der Waals surface area contributed by atoms with Crippen LogP contribution < -0.4 is 11.3 Å². The van der Waals surface area contributed by atoms with Gasteiger partial charge in [0.05, 0.1) is 12.4 Å². The minimum Gasteiger partial charge on any atom is -0.292 e. The molecule has 1 aromatic heterocycles. The van der Waals surface area contributed by atoms with E-state index in [2.05, 4.69) is 31.3 Å². The lowest BCUT2D eigenvalue weighted by atomic mass is 10.2. The monoisotopic (exact) mass is 371 g/mol. The molecule has 0 aliphatic carbocycles. The number of hydrogen-bond acceptors (Lipinski definition) is 6. The van der Waals surface area contributed by atoms with E-state index in [1.165, 1.54) is 23.7 Å². The molecule has 0 aliphatic rings. The van der Waals surface area contributed by atoms with Crippen molar-refractivity contribution in [3.05, 3.63) is 46.7 Å². The van der Waals surface area contributed by atoms with Gasteiger partial charge in [0.2, 0.25) is 16.0 Å². The van der Waals surface area contributed by atoms with Crippen molar-refractivity contribution in [2.24, 2.45) is 5.84 Å². The lowest BCUT2D eigenvalue weighted by Gasteiger charge is -2.17. The third-order valence-corrected chi connectivity index (χ3v) is 5.35. The fourth-order valence-electron chi connectivity index (χ4n) is 1.66. The molecule has 2 rings (SSSR count). The van der Waals surface area contributed by atoms with Gasteiger partial charge in [-0.25, -0.2) is 24.2 Å². The molecule has 7 nitrogen and oxygen atoms in total. The molecule has 112 valence electrons. The van der Waals surface area contributed by atoms with Gasteiger partial charge in [0.1, 0.15) is 4.90 Å². The van der Waals surface area contributed by atoms with Gasteiger partial charge in [-0.1, -0.05) is 34.1 Å². The smallest absolute Gasteiger partial charge is 0.246 e. The van der Waals surface area contributed by atoms with Crippen LogP contribution in [0.4, 0.5) is 5.95 Å². The zero-order valence-electron chi connectivity index (χ0n) is 11.2. The lowest BCUT2D eigenvalue weighted by Crippen LogP contribution is -2.27. The summed E-state index contributed by atoms with van der Waals surface area (Å²) in [5.41, 5.74) is 3.11. The molecule has 1 aromatic carbocycles. The number of halogens is 1. The van der Waals surface area contributed by atoms with Crippen LogP contribution in [-0.2, 0) is 16.6 Å². The van der Waals surface area contributed by atoms with Crippen molar-refractivity contribution in [1.82, 2.24) is 14.3 Å². The molecule has 2 aromatic rings. The van der Waals surface area contributed by atoms with Crippen molar-refractivity contribution in [2.45, 2.75) is 11.4 Å². The van der Waals surface area contributed by atoms with Gasteiger partial charge in [-0.3, -0.25) is 5.43 Å². The maximum Gasteiger partial charge on any atom is 0.246 e. The Morgan fingerprint density at radius 3 is 2.48 bits per heavy atom. The molecule has 0 unspecified atom stereocenters. The van der Waals surface area contributed by atoms with Gasteiger partial charge in [0.15, 0.2) is 0 Å². The van der Waals surface area contributed by atoms with Gasteiger partial charge in [-0.05, 0) is 11.6 Å². The first-order valence-corrected chi connectivity index (χ1v) is 8.17. The highest BCUT2D eigenvalue weighted by atomic mass is 79.9. The molecule has 3 N–H and O–H groups in total. The van der Waals surface area contributed by atoms with Crippen molar-refractivity contribution >= 4 is 31.9 Å². The Bertz CT molecular complexity index is 721. The maximum atomic E-state index is 12.4. The molecule has 0 radical (unpaired) electrons. The SMILES string of the molecule is CN(Cc1ccccc1Br)S(=O)(=O)c1cnc(NN)nc1. The predicted molar refractivity (Wildman–Crippen MR) is 82.6 cm³/mol. The van der Waals surface area contributed by atoms with Crippen LogP contribution in [0, 0.1) is 0 Å². The van der Waals surface area contributed by atoms with Gasteiger partial charge in [0, 0.05) is 18.1 Å². The lowest BCUT2D eigenvalue weighted by molar-refractivity contribution is 0.465. The highest BCUT2D eigenvalue weighted by molar-refractivity contribution is 9.10. The number of benzene rings is 1. The fourth-order valence-corrected chi connectivity index (χ4v) is 3.11. The van der Waals surface area contributed by atoms with E-state index in [4.69, 9.17) is 5.84 Å². The van der Waals surface area contributed by atoms with E-state index in [-0.39, 0.29) is 17.4 Å². The van der Waals surface area contributed by atoms with Crippen LogP contribution in [0.15, 0.2) is 46.0 Å². The van der Waals surface area contributed by atoms with Gasteiger partial charge in [0.25, 0.3) is 0 Å². The largest absolute Gasteiger partial charge is 0.292 e. The molecule has 0 bridgehead atoms. The zero-order valence-corrected chi connectivity index (χ0v) is 13.6. The Hall–Kier alpha value is -1.55. The van der Waals surface area contributed by atoms with Crippen molar-refractivity contribution in [1.29, 1.82) is 0 Å². The van der Waals surface area contributed by atoms with E-state index >= 15 is 0 Å². The van der Waals surface area contributed by atoms with Gasteiger partial charge < -0.3 is 0 Å². The first kappa shape index (κ1) is 15.8. The average molecular weight is 372 g/mol. The average Bonchev–Trinajstić information content (AvgIpc) is 2.49. The van der Waals surface area contributed by atoms with Crippen LogP contribution in [0.1, 0.15) is 5.56 Å². The van der Waals surface area contributed by atoms with Gasteiger partial charge >= 0.3 is 0 Å². The van der Waals surface area contributed by atoms with E-state index in [9.17, 15) is 8.42 Å². The van der Waals surface area contributed by atoms with Crippen LogP contribution in [0.3, 0.4) is 0 Å². The molecule has 0 amide bonds. The molecule has 0 aliphatic heterocycles. The number of anilines is 1. The molecular weight excluding hydrogens is 358 g/mol. The van der Waals surface area contributed by atoms with Crippen LogP contribution in [0.25, 0.3) is 0 Å². The second kappa shape index (κ2) is 6.48. The van der Waals surface area contributed by atoms with E-state index < -0.39 is 10.0 Å². The third kappa shape index (κ3) is 3.56. The second-order valence-electron chi connectivity index (χ2n) is 4.24. The molecule has 9 heteroatoms. The highest BCUT2D eigenvalue weighted by Crippen LogP contribution is 2.21. The number of hydrazine groups is 1. The first-order valence-electron chi connectivity index (χ1n) is 5.93. The maximum absolute atomic E-state index is 12.4. The van der Waals surface area contributed by atoms with E-state index in [1.807, 2.05) is 24.3 Å². The highest BCUT2D eigenvalue weighted by Gasteiger charge is 2.22. The molecular formula is C12H14BrN5O2S. The van der Waals surface area contributed by atoms with E-state index in [0.717, 1.165) is 10.0 Å². The van der Waals surface area contributed by atoms with E-state index in [1.54, 1.807) is 0 Å². The predicted octanol–water partition coefficient (Wildman–Crippen LogP) is 1.35. The minimum absolute atomic E-state index is 0.0102. The summed E-state index contributed by atoms with van der Waals surface area (Å²) in [5.74, 6) is 5.30. The Labute approximate surface area is 131 Å². The summed E-state index contributed by atoms with van der Waals surface area (Å²) in [4.78, 5) is 7.63. The van der Waals surface area contributed by atoms with Crippen LogP contribution >= 0.6 is 15.9 Å². The second-order valence-corrected chi connectivity index (χ2v) is 7.14. The number of sulfonamides is 1. The summed E-state index contributed by atoms with van der Waals surface area (Å²) in [6.07, 6.45) is 2.43. The summed E-state index contributed by atoms with van der Waals surface area (Å²) in [6.45, 7) is 0.237. The normalized spacial score (nSPS) is 11.6. The van der Waals surface area contributed by atoms with Crippen molar-refractivity contribution in [3.8, 4) is 0 Å². The first-order chi connectivity index (χ1) is 9.95. The fraction of sp³-hybridized carbons (Fsp3) is 0.167. The van der Waals surface area contributed by atoms with Crippen LogP contribution in [0.5, 0.6) is 0 Å². The number of rotatable bonds is 5. The number of nitrogen functional groups attached to an aromatic ring is 1. The van der Waals surface area contributed by atoms with Crippen LogP contribution in [0.2, 0.25) is 0 Å². The standard InChI is InChI=1S/C12H14BrN5O2S/c1-18(8-9-4-2-3-5-11(9)13)21(19,20)10-6-15-12(17-14)16-7-10/h2-7H,8,14H2,1H3,(H,15,16,17). The van der Waals surface area contributed by atoms with Crippen molar-refractivity contribution < 1.29 is 8.42 Å². The molecule has 0 spiro atoms. The summed E-state index contributed by atoms with van der Waals surface area (Å²) in [6, 6.07) is 7.44. The summed E-state index contributed by atoms with van der Waals surface area (Å²) in [7, 11) is -2.16. The molecule has 0 saturated carbocycles. The van der Waals surface area contributed by atoms with Gasteiger partial charge in [-0.2, -0.15) is 4.31 Å². The number of nitrogens with zero attached hydrogens (tertiary/aromatic N) is 3. The topological polar surface area (TPSA) is 101 Å². The minimum atomic E-state index is -3.66. The number of aromatic nitrogens is 2. The van der Waals surface area contributed by atoms with E-state index in [0.29, 0.717) is 0 Å². The number of hydrogen-bond donors (Lipinski definition) is 2. The Kier molecular flexibility index (Phi) is 4.88. The number of nitrogens with two attached hydrogens (primary N) is 1. The van der Waals surface area contributed by atoms with Crippen molar-refractivity contribution in [2.75, 3.05) is 12.5 Å². The Morgan fingerprint density at radius 2 is 1.90 bits per heavy atom. The zero-order chi connectivity index (χ0) is 15.5. The summed E-state index contributed by atoms with van der Waals surface area (Å²) in [5, 5.41) is 0. The van der Waals surface area contributed by atoms with Gasteiger partial charge in [-0.15, -0.1) is 0 Å². The number of nitrogens with one attached hydrogen (secondary N) is 1. The molecule has 0 saturated heterocycles. The quantitative estimate of drug-likeness (QED) is 0.607.